The summed E-state index contributed by atoms with van der Waals surface area (Å²) in [4.78, 5) is 21.7. The van der Waals surface area contributed by atoms with Gasteiger partial charge in [-0.3, -0.25) is 9.59 Å². The van der Waals surface area contributed by atoms with Crippen molar-refractivity contribution < 1.29 is 19.4 Å². The van der Waals surface area contributed by atoms with Crippen LogP contribution in [0, 0.1) is 0 Å². The molecule has 0 saturated heterocycles. The van der Waals surface area contributed by atoms with E-state index in [4.69, 9.17) is 9.84 Å². The Kier molecular flexibility index (Phi) is 4.05. The minimum atomic E-state index is -0.516. The van der Waals surface area contributed by atoms with Gasteiger partial charge in [0, 0.05) is 13.1 Å². The Morgan fingerprint density at radius 2 is 2.27 bits per heavy atom. The minimum absolute atomic E-state index is 0.218. The zero-order chi connectivity index (χ0) is 11.3. The Morgan fingerprint density at radius 1 is 1.53 bits per heavy atom. The number of Topliss-reactive ketones (excluding diaryl/α,β-unsaturated/α-hetero) is 1. The molecule has 15 heavy (non-hydrogen) atoms. The predicted octanol–water partition coefficient (Wildman–Crippen LogP) is 0.226. The zero-order valence-corrected chi connectivity index (χ0v) is 8.47. The van der Waals surface area contributed by atoms with Crippen LogP contribution in [0.3, 0.4) is 0 Å². The summed E-state index contributed by atoms with van der Waals surface area (Å²) in [5.74, 6) is -0.694. The predicted molar refractivity (Wildman–Crippen MR) is 52.5 cm³/mol. The summed E-state index contributed by atoms with van der Waals surface area (Å²) in [6.45, 7) is 1.44. The van der Waals surface area contributed by atoms with E-state index in [1.165, 1.54) is 6.92 Å². The molecule has 0 spiro atoms. The molecule has 1 N–H and O–H groups in total. The van der Waals surface area contributed by atoms with E-state index in [1.54, 1.807) is 22.9 Å². The van der Waals surface area contributed by atoms with Gasteiger partial charge >= 0.3 is 5.97 Å². The van der Waals surface area contributed by atoms with Gasteiger partial charge in [0.05, 0.1) is 12.2 Å². The number of rotatable bonds is 5. The van der Waals surface area contributed by atoms with Crippen LogP contribution in [0.5, 0.6) is 0 Å². The highest BCUT2D eigenvalue weighted by Crippen LogP contribution is 2.03. The highest BCUT2D eigenvalue weighted by molar-refractivity contribution is 5.95. The molecule has 0 aliphatic carbocycles. The van der Waals surface area contributed by atoms with Crippen LogP contribution in [0.15, 0.2) is 18.3 Å². The molecule has 0 aliphatic rings. The number of hydrogen-bond acceptors (Lipinski definition) is 4. The second kappa shape index (κ2) is 5.31. The lowest BCUT2D eigenvalue weighted by Crippen LogP contribution is -2.15. The number of carbonyl (C=O) groups is 2. The monoisotopic (exact) mass is 211 g/mol. The molecule has 0 aromatic carbocycles. The largest absolute Gasteiger partial charge is 0.464 e. The molecule has 0 saturated carbocycles. The zero-order valence-electron chi connectivity index (χ0n) is 8.47. The molecule has 82 valence electrons. The fourth-order valence-corrected chi connectivity index (χ4v) is 1.23. The van der Waals surface area contributed by atoms with Gasteiger partial charge in [0.1, 0.15) is 13.2 Å². The third-order valence-corrected chi connectivity index (χ3v) is 1.90. The van der Waals surface area contributed by atoms with Crippen LogP contribution in [-0.2, 0) is 16.1 Å². The van der Waals surface area contributed by atoms with Gasteiger partial charge in [-0.05, 0) is 12.1 Å². The van der Waals surface area contributed by atoms with E-state index in [-0.39, 0.29) is 18.4 Å². The van der Waals surface area contributed by atoms with Gasteiger partial charge in [-0.1, -0.05) is 0 Å². The fourth-order valence-electron chi connectivity index (χ4n) is 1.23. The number of aliphatic hydroxyl groups is 1. The van der Waals surface area contributed by atoms with E-state index in [0.29, 0.717) is 12.2 Å². The van der Waals surface area contributed by atoms with E-state index in [9.17, 15) is 9.59 Å². The summed E-state index contributed by atoms with van der Waals surface area (Å²) in [6, 6.07) is 3.32. The van der Waals surface area contributed by atoms with Crippen molar-refractivity contribution in [3.63, 3.8) is 0 Å². The van der Waals surface area contributed by atoms with E-state index in [1.807, 2.05) is 0 Å². The number of ketones is 1. The quantitative estimate of drug-likeness (QED) is 0.559. The Bertz CT molecular complexity index is 356. The van der Waals surface area contributed by atoms with Crippen LogP contribution in [0.4, 0.5) is 0 Å². The summed E-state index contributed by atoms with van der Waals surface area (Å²) in [5, 5.41) is 8.70. The number of ether oxygens (including phenoxy) is 1. The first kappa shape index (κ1) is 11.5. The van der Waals surface area contributed by atoms with Gasteiger partial charge in [0.25, 0.3) is 0 Å². The van der Waals surface area contributed by atoms with Crippen LogP contribution in [0.25, 0.3) is 0 Å². The fraction of sp³-hybridized carbons (Fsp3) is 0.400. The number of nitrogens with zero attached hydrogens (tertiary/aromatic N) is 1. The molecule has 0 fully saturated rings. The molecule has 0 radical (unpaired) electrons. The Labute approximate surface area is 87.3 Å². The van der Waals surface area contributed by atoms with Gasteiger partial charge in [0.15, 0.2) is 0 Å². The van der Waals surface area contributed by atoms with Crippen molar-refractivity contribution in [1.82, 2.24) is 4.57 Å². The smallest absolute Gasteiger partial charge is 0.302 e. The van der Waals surface area contributed by atoms with Crippen molar-refractivity contribution in [1.29, 1.82) is 0 Å². The van der Waals surface area contributed by atoms with Gasteiger partial charge in [-0.25, -0.2) is 0 Å². The average Bonchev–Trinajstić information content (AvgIpc) is 2.64. The summed E-state index contributed by atoms with van der Waals surface area (Å²) < 4.78 is 6.39. The van der Waals surface area contributed by atoms with Crippen LogP contribution in [0.2, 0.25) is 0 Å². The number of aromatic nitrogens is 1. The van der Waals surface area contributed by atoms with Crippen molar-refractivity contribution in [2.45, 2.75) is 13.5 Å². The first-order chi connectivity index (χ1) is 7.15. The normalized spacial score (nSPS) is 10.0. The lowest BCUT2D eigenvalue weighted by Gasteiger charge is -2.07. The summed E-state index contributed by atoms with van der Waals surface area (Å²) >= 11 is 0. The van der Waals surface area contributed by atoms with E-state index in [2.05, 4.69) is 0 Å². The summed E-state index contributed by atoms with van der Waals surface area (Å²) in [5.41, 5.74) is 0.421. The van der Waals surface area contributed by atoms with Crippen LogP contribution in [-0.4, -0.2) is 34.6 Å². The summed E-state index contributed by atoms with van der Waals surface area (Å²) in [6.07, 6.45) is 1.70. The van der Waals surface area contributed by atoms with Gasteiger partial charge < -0.3 is 14.4 Å². The SMILES string of the molecule is CC(=O)OCCn1cccc1C(=O)CO. The Balaban J connectivity index is 2.57. The van der Waals surface area contributed by atoms with E-state index < -0.39 is 6.61 Å². The molecular formula is C10H13NO4. The third-order valence-electron chi connectivity index (χ3n) is 1.90. The van der Waals surface area contributed by atoms with Crippen LogP contribution >= 0.6 is 0 Å². The molecule has 1 aromatic rings. The maximum atomic E-state index is 11.2. The molecule has 0 unspecified atom stereocenters. The average molecular weight is 211 g/mol. The van der Waals surface area contributed by atoms with Crippen molar-refractivity contribution in [2.24, 2.45) is 0 Å². The second-order valence-electron chi connectivity index (χ2n) is 3.01. The Morgan fingerprint density at radius 3 is 2.87 bits per heavy atom. The molecule has 1 aromatic heterocycles. The number of carbonyl (C=O) groups excluding carboxylic acids is 2. The van der Waals surface area contributed by atoms with Gasteiger partial charge in [0.2, 0.25) is 5.78 Å². The lowest BCUT2D eigenvalue weighted by molar-refractivity contribution is -0.141. The van der Waals surface area contributed by atoms with Crippen LogP contribution in [0.1, 0.15) is 17.4 Å². The maximum Gasteiger partial charge on any atom is 0.302 e. The van der Waals surface area contributed by atoms with Gasteiger partial charge in [-0.15, -0.1) is 0 Å². The van der Waals surface area contributed by atoms with Crippen molar-refractivity contribution in [3.05, 3.63) is 24.0 Å². The highest BCUT2D eigenvalue weighted by atomic mass is 16.5. The van der Waals surface area contributed by atoms with Crippen LogP contribution < -0.4 is 0 Å². The first-order valence-corrected chi connectivity index (χ1v) is 4.57. The van der Waals surface area contributed by atoms with Gasteiger partial charge in [-0.2, -0.15) is 0 Å². The number of aliphatic hydroxyl groups excluding tert-OH is 1. The Hall–Kier alpha value is -1.62. The van der Waals surface area contributed by atoms with Crippen molar-refractivity contribution >= 4 is 11.8 Å². The number of esters is 1. The standard InChI is InChI=1S/C10H13NO4/c1-8(13)15-6-5-11-4-2-3-9(11)10(14)7-12/h2-4,12H,5-7H2,1H3. The molecule has 1 rings (SSSR count). The second-order valence-corrected chi connectivity index (χ2v) is 3.01. The summed E-state index contributed by atoms with van der Waals surface area (Å²) in [7, 11) is 0. The van der Waals surface area contributed by atoms with E-state index >= 15 is 0 Å². The molecule has 0 aliphatic heterocycles. The molecule has 1 heterocycles. The minimum Gasteiger partial charge on any atom is -0.464 e. The molecule has 0 bridgehead atoms. The first-order valence-electron chi connectivity index (χ1n) is 4.57. The van der Waals surface area contributed by atoms with Crippen molar-refractivity contribution in [3.8, 4) is 0 Å². The number of hydrogen-bond donors (Lipinski definition) is 1. The topological polar surface area (TPSA) is 68.5 Å². The molecule has 5 heteroatoms. The molecule has 5 nitrogen and oxygen atoms in total. The molecular weight excluding hydrogens is 198 g/mol. The van der Waals surface area contributed by atoms with E-state index in [0.717, 1.165) is 0 Å². The highest BCUT2D eigenvalue weighted by Gasteiger charge is 2.09. The molecule has 0 amide bonds. The third kappa shape index (κ3) is 3.21. The lowest BCUT2D eigenvalue weighted by atomic mass is 10.3. The molecule has 0 atom stereocenters. The maximum absolute atomic E-state index is 11.2. The van der Waals surface area contributed by atoms with Crippen molar-refractivity contribution in [2.75, 3.05) is 13.2 Å².